The zero-order valence-electron chi connectivity index (χ0n) is 18.3. The average Bonchev–Trinajstić information content (AvgIpc) is 3.28. The van der Waals surface area contributed by atoms with Crippen molar-refractivity contribution in [3.8, 4) is 29.0 Å². The molecule has 0 radical (unpaired) electrons. The number of carbonyl (C=O) groups excluding carboxylic acids is 1. The van der Waals surface area contributed by atoms with Crippen LogP contribution in [0.25, 0.3) is 11.5 Å². The highest BCUT2D eigenvalue weighted by molar-refractivity contribution is 5.95. The summed E-state index contributed by atoms with van der Waals surface area (Å²) in [6, 6.07) is 15.0. The van der Waals surface area contributed by atoms with Crippen LogP contribution in [0.3, 0.4) is 0 Å². The van der Waals surface area contributed by atoms with Gasteiger partial charge >= 0.3 is 0 Å². The standard InChI is InChI=1S/C24H24N4O4/c1-16-6-4-5-7-18(16)23(29)27-10-12-28(13-11-27)24-19(15-25)26-22(32-24)17-8-9-20(30-2)21(14-17)31-3/h4-9,14H,10-13H2,1-3H3. The van der Waals surface area contributed by atoms with Crippen LogP contribution in [0.4, 0.5) is 5.88 Å². The Morgan fingerprint density at radius 1 is 1.06 bits per heavy atom. The molecule has 8 heteroatoms. The van der Waals surface area contributed by atoms with E-state index in [1.807, 2.05) is 41.0 Å². The van der Waals surface area contributed by atoms with Gasteiger partial charge in [0.2, 0.25) is 17.5 Å². The molecule has 0 N–H and O–H groups in total. The Balaban J connectivity index is 1.52. The highest BCUT2D eigenvalue weighted by Gasteiger charge is 2.27. The molecule has 4 rings (SSSR count). The fourth-order valence-corrected chi connectivity index (χ4v) is 3.79. The molecule has 2 aromatic carbocycles. The van der Waals surface area contributed by atoms with Gasteiger partial charge in [0.15, 0.2) is 11.5 Å². The molecule has 1 aliphatic rings. The number of piperazine rings is 1. The van der Waals surface area contributed by atoms with Crippen LogP contribution in [0.1, 0.15) is 21.6 Å². The van der Waals surface area contributed by atoms with E-state index in [1.165, 1.54) is 0 Å². The van der Waals surface area contributed by atoms with Gasteiger partial charge in [-0.2, -0.15) is 10.2 Å². The molecule has 0 saturated carbocycles. The number of rotatable bonds is 5. The number of carbonyl (C=O) groups is 1. The lowest BCUT2D eigenvalue weighted by Gasteiger charge is -2.34. The molecule has 0 bridgehead atoms. The molecule has 0 unspecified atom stereocenters. The molecule has 0 spiro atoms. The van der Waals surface area contributed by atoms with E-state index in [0.29, 0.717) is 60.6 Å². The number of amides is 1. The predicted molar refractivity (Wildman–Crippen MR) is 119 cm³/mol. The molecule has 1 aromatic heterocycles. The highest BCUT2D eigenvalue weighted by atomic mass is 16.5. The van der Waals surface area contributed by atoms with Crippen LogP contribution >= 0.6 is 0 Å². The number of oxazole rings is 1. The van der Waals surface area contributed by atoms with Crippen molar-refractivity contribution in [2.75, 3.05) is 45.3 Å². The largest absolute Gasteiger partial charge is 0.493 e. The Morgan fingerprint density at radius 2 is 1.78 bits per heavy atom. The second-order valence-electron chi connectivity index (χ2n) is 7.45. The molecule has 0 aliphatic carbocycles. The van der Waals surface area contributed by atoms with Crippen LogP contribution in [0.15, 0.2) is 46.9 Å². The lowest BCUT2D eigenvalue weighted by atomic mass is 10.1. The maximum absolute atomic E-state index is 12.9. The molecule has 1 aliphatic heterocycles. The number of hydrogen-bond donors (Lipinski definition) is 0. The second kappa shape index (κ2) is 9.02. The summed E-state index contributed by atoms with van der Waals surface area (Å²) in [4.78, 5) is 21.0. The number of hydrogen-bond acceptors (Lipinski definition) is 7. The summed E-state index contributed by atoms with van der Waals surface area (Å²) < 4.78 is 16.6. The van der Waals surface area contributed by atoms with Gasteiger partial charge in [-0.05, 0) is 36.8 Å². The Kier molecular flexibility index (Phi) is 5.99. The van der Waals surface area contributed by atoms with Crippen molar-refractivity contribution in [2.45, 2.75) is 6.92 Å². The molecule has 1 amide bonds. The molecule has 2 heterocycles. The Hall–Kier alpha value is -3.99. The van der Waals surface area contributed by atoms with Gasteiger partial charge in [-0.1, -0.05) is 18.2 Å². The summed E-state index contributed by atoms with van der Waals surface area (Å²) in [5.41, 5.74) is 2.57. The lowest BCUT2D eigenvalue weighted by molar-refractivity contribution is 0.0744. The van der Waals surface area contributed by atoms with Gasteiger partial charge in [0.25, 0.3) is 5.91 Å². The summed E-state index contributed by atoms with van der Waals surface area (Å²) in [5.74, 6) is 1.91. The number of aryl methyl sites for hydroxylation is 1. The smallest absolute Gasteiger partial charge is 0.254 e. The SMILES string of the molecule is COc1ccc(-c2nc(C#N)c(N3CCN(C(=O)c4ccccc4C)CC3)o2)cc1OC. The number of aromatic nitrogens is 1. The number of methoxy groups -OCH3 is 2. The summed E-state index contributed by atoms with van der Waals surface area (Å²) in [6.45, 7) is 4.10. The van der Waals surface area contributed by atoms with Crippen molar-refractivity contribution in [1.82, 2.24) is 9.88 Å². The van der Waals surface area contributed by atoms with Crippen LogP contribution in [-0.4, -0.2) is 56.2 Å². The first-order valence-corrected chi connectivity index (χ1v) is 10.3. The van der Waals surface area contributed by atoms with E-state index in [2.05, 4.69) is 11.1 Å². The summed E-state index contributed by atoms with van der Waals surface area (Å²) in [6.07, 6.45) is 0. The Morgan fingerprint density at radius 3 is 2.44 bits per heavy atom. The maximum atomic E-state index is 12.9. The minimum absolute atomic E-state index is 0.0202. The zero-order chi connectivity index (χ0) is 22.7. The molecule has 164 valence electrons. The normalized spacial score (nSPS) is 13.6. The molecule has 1 saturated heterocycles. The summed E-state index contributed by atoms with van der Waals surface area (Å²) >= 11 is 0. The van der Waals surface area contributed by atoms with E-state index < -0.39 is 0 Å². The van der Waals surface area contributed by atoms with Crippen molar-refractivity contribution >= 4 is 11.8 Å². The van der Waals surface area contributed by atoms with E-state index in [9.17, 15) is 10.1 Å². The molecular weight excluding hydrogens is 408 g/mol. The average molecular weight is 432 g/mol. The monoisotopic (exact) mass is 432 g/mol. The molecule has 1 fully saturated rings. The van der Waals surface area contributed by atoms with Crippen molar-refractivity contribution in [3.05, 3.63) is 59.3 Å². The van der Waals surface area contributed by atoms with Crippen LogP contribution < -0.4 is 14.4 Å². The second-order valence-corrected chi connectivity index (χ2v) is 7.45. The first kappa shape index (κ1) is 21.2. The van der Waals surface area contributed by atoms with Crippen molar-refractivity contribution in [2.24, 2.45) is 0 Å². The highest BCUT2D eigenvalue weighted by Crippen LogP contribution is 2.34. The molecule has 8 nitrogen and oxygen atoms in total. The van der Waals surface area contributed by atoms with E-state index >= 15 is 0 Å². The topological polar surface area (TPSA) is 91.8 Å². The van der Waals surface area contributed by atoms with Gasteiger partial charge in [0.1, 0.15) is 6.07 Å². The fourth-order valence-electron chi connectivity index (χ4n) is 3.79. The third-order valence-corrected chi connectivity index (χ3v) is 5.58. The third-order valence-electron chi connectivity index (χ3n) is 5.58. The minimum atomic E-state index is 0.0202. The van der Waals surface area contributed by atoms with Crippen LogP contribution in [0, 0.1) is 18.3 Å². The van der Waals surface area contributed by atoms with E-state index in [1.54, 1.807) is 32.4 Å². The first-order chi connectivity index (χ1) is 15.5. The van der Waals surface area contributed by atoms with Gasteiger partial charge in [-0.15, -0.1) is 0 Å². The minimum Gasteiger partial charge on any atom is -0.493 e. The van der Waals surface area contributed by atoms with Crippen LogP contribution in [0.5, 0.6) is 11.5 Å². The Bertz CT molecular complexity index is 1170. The van der Waals surface area contributed by atoms with E-state index in [4.69, 9.17) is 13.9 Å². The Labute approximate surface area is 186 Å². The van der Waals surface area contributed by atoms with Gasteiger partial charge in [0.05, 0.1) is 14.2 Å². The molecule has 3 aromatic rings. The first-order valence-electron chi connectivity index (χ1n) is 10.3. The molecule has 0 atom stereocenters. The van der Waals surface area contributed by atoms with Gasteiger partial charge in [-0.25, -0.2) is 0 Å². The number of anilines is 1. The summed E-state index contributed by atoms with van der Waals surface area (Å²) in [5, 5.41) is 9.60. The van der Waals surface area contributed by atoms with Crippen molar-refractivity contribution < 1.29 is 18.7 Å². The molecule has 32 heavy (non-hydrogen) atoms. The third kappa shape index (κ3) is 3.97. The van der Waals surface area contributed by atoms with Gasteiger partial charge in [-0.3, -0.25) is 4.79 Å². The zero-order valence-corrected chi connectivity index (χ0v) is 18.3. The predicted octanol–water partition coefficient (Wildman–Crippen LogP) is 3.50. The van der Waals surface area contributed by atoms with Crippen LogP contribution in [-0.2, 0) is 0 Å². The van der Waals surface area contributed by atoms with Crippen molar-refractivity contribution in [3.63, 3.8) is 0 Å². The number of nitriles is 1. The number of nitrogens with zero attached hydrogens (tertiary/aromatic N) is 4. The lowest BCUT2D eigenvalue weighted by Crippen LogP contribution is -2.49. The quantitative estimate of drug-likeness (QED) is 0.609. The van der Waals surface area contributed by atoms with Gasteiger partial charge in [0, 0.05) is 37.3 Å². The molecular formula is C24H24N4O4. The van der Waals surface area contributed by atoms with Crippen LogP contribution in [0.2, 0.25) is 0 Å². The number of ether oxygens (including phenoxy) is 2. The van der Waals surface area contributed by atoms with Crippen molar-refractivity contribution in [1.29, 1.82) is 5.26 Å². The van der Waals surface area contributed by atoms with Gasteiger partial charge < -0.3 is 23.7 Å². The number of benzene rings is 2. The maximum Gasteiger partial charge on any atom is 0.254 e. The van der Waals surface area contributed by atoms with E-state index in [0.717, 1.165) is 5.56 Å². The summed E-state index contributed by atoms with van der Waals surface area (Å²) in [7, 11) is 3.12. The fraction of sp³-hybridized carbons (Fsp3) is 0.292. The van der Waals surface area contributed by atoms with E-state index in [-0.39, 0.29) is 11.6 Å².